The van der Waals surface area contributed by atoms with Crippen LogP contribution in [0.3, 0.4) is 0 Å². The molecule has 4 rings (SSSR count). The van der Waals surface area contributed by atoms with Gasteiger partial charge in [-0.15, -0.1) is 0 Å². The number of thiazole rings is 1. The Hall–Kier alpha value is -2.71. The molecular weight excluding hydrogens is 372 g/mol. The van der Waals surface area contributed by atoms with Gasteiger partial charge < -0.3 is 10.1 Å². The monoisotopic (exact) mass is 386 g/mol. The summed E-state index contributed by atoms with van der Waals surface area (Å²) in [4.78, 5) is 13.1. The molecule has 132 valence electrons. The van der Waals surface area contributed by atoms with Crippen LogP contribution in [0.4, 0.5) is 11.6 Å². The number of aryl methyl sites for hydroxylation is 2. The summed E-state index contributed by atoms with van der Waals surface area (Å²) in [7, 11) is 1.65. The van der Waals surface area contributed by atoms with Crippen LogP contribution in [0.15, 0.2) is 30.3 Å². The molecule has 0 saturated heterocycles. The summed E-state index contributed by atoms with van der Waals surface area (Å²) < 4.78 is 8.07. The Morgan fingerprint density at radius 3 is 2.73 bits per heavy atom. The van der Waals surface area contributed by atoms with Gasteiger partial charge in [0.1, 0.15) is 28.4 Å². The number of aromatic nitrogens is 5. The van der Waals surface area contributed by atoms with E-state index in [1.807, 2.05) is 31.2 Å². The molecule has 3 heterocycles. The molecule has 0 radical (unpaired) electrons. The summed E-state index contributed by atoms with van der Waals surface area (Å²) in [6, 6.07) is 9.39. The topological polar surface area (TPSA) is 77.8 Å². The van der Waals surface area contributed by atoms with E-state index in [1.165, 1.54) is 11.3 Å². The average molecular weight is 387 g/mol. The summed E-state index contributed by atoms with van der Waals surface area (Å²) in [5.41, 5.74) is 1.76. The molecule has 0 amide bonds. The second-order valence-corrected chi connectivity index (χ2v) is 7.06. The van der Waals surface area contributed by atoms with Crippen LogP contribution in [0.1, 0.15) is 11.5 Å². The molecule has 0 aliphatic rings. The molecule has 1 aromatic carbocycles. The molecule has 0 fully saturated rings. The van der Waals surface area contributed by atoms with E-state index in [4.69, 9.17) is 16.3 Å². The zero-order chi connectivity index (χ0) is 18.3. The number of nitrogens with one attached hydrogen (secondary N) is 1. The van der Waals surface area contributed by atoms with Crippen LogP contribution in [0.5, 0.6) is 5.75 Å². The normalized spacial score (nSPS) is 11.1. The van der Waals surface area contributed by atoms with Gasteiger partial charge in [-0.3, -0.25) is 0 Å². The Morgan fingerprint density at radius 2 is 1.96 bits per heavy atom. The first-order valence-electron chi connectivity index (χ1n) is 7.81. The fourth-order valence-electron chi connectivity index (χ4n) is 2.57. The van der Waals surface area contributed by atoms with Gasteiger partial charge in [0.05, 0.1) is 23.0 Å². The summed E-state index contributed by atoms with van der Waals surface area (Å²) in [5, 5.41) is 8.94. The summed E-state index contributed by atoms with van der Waals surface area (Å²) in [5.74, 6) is 2.75. The van der Waals surface area contributed by atoms with Gasteiger partial charge in [0.2, 0.25) is 5.13 Å². The Labute approximate surface area is 158 Å². The molecule has 7 nitrogen and oxygen atoms in total. The lowest BCUT2D eigenvalue weighted by molar-refractivity contribution is 0.415. The van der Waals surface area contributed by atoms with Gasteiger partial charge in [-0.05, 0) is 32.0 Å². The fourth-order valence-corrected chi connectivity index (χ4v) is 3.76. The molecule has 4 aromatic rings. The molecule has 0 bridgehead atoms. The first-order chi connectivity index (χ1) is 12.5. The van der Waals surface area contributed by atoms with Crippen molar-refractivity contribution < 1.29 is 4.74 Å². The highest BCUT2D eigenvalue weighted by molar-refractivity contribution is 7.20. The van der Waals surface area contributed by atoms with Crippen LogP contribution < -0.4 is 10.1 Å². The lowest BCUT2D eigenvalue weighted by Crippen LogP contribution is -2.04. The molecule has 0 aliphatic carbocycles. The van der Waals surface area contributed by atoms with E-state index in [9.17, 15) is 0 Å². The van der Waals surface area contributed by atoms with Crippen molar-refractivity contribution in [2.24, 2.45) is 0 Å². The Balaban J connectivity index is 1.75. The second-order valence-electron chi connectivity index (χ2n) is 5.66. The van der Waals surface area contributed by atoms with E-state index in [1.54, 1.807) is 24.8 Å². The van der Waals surface area contributed by atoms with E-state index in [2.05, 4.69) is 25.4 Å². The third kappa shape index (κ3) is 3.21. The van der Waals surface area contributed by atoms with Crippen molar-refractivity contribution in [1.82, 2.24) is 24.7 Å². The van der Waals surface area contributed by atoms with Crippen molar-refractivity contribution in [2.75, 3.05) is 12.4 Å². The minimum Gasteiger partial charge on any atom is -0.497 e. The van der Waals surface area contributed by atoms with Crippen LogP contribution in [-0.4, -0.2) is 31.8 Å². The van der Waals surface area contributed by atoms with Crippen molar-refractivity contribution in [1.29, 1.82) is 0 Å². The molecule has 9 heteroatoms. The van der Waals surface area contributed by atoms with E-state index in [-0.39, 0.29) is 0 Å². The van der Waals surface area contributed by atoms with Crippen LogP contribution in [-0.2, 0) is 0 Å². The summed E-state index contributed by atoms with van der Waals surface area (Å²) >= 11 is 7.56. The number of methoxy groups -OCH3 is 1. The van der Waals surface area contributed by atoms with Gasteiger partial charge in [-0.2, -0.15) is 9.78 Å². The van der Waals surface area contributed by atoms with E-state index in [0.717, 1.165) is 32.6 Å². The van der Waals surface area contributed by atoms with Gasteiger partial charge in [-0.25, -0.2) is 15.0 Å². The Morgan fingerprint density at radius 1 is 1.12 bits per heavy atom. The lowest BCUT2D eigenvalue weighted by Gasteiger charge is -2.07. The number of halogens is 1. The third-order valence-electron chi connectivity index (χ3n) is 3.66. The number of fused-ring (bicyclic) bond motifs is 1. The van der Waals surface area contributed by atoms with E-state index < -0.39 is 0 Å². The molecule has 0 spiro atoms. The van der Waals surface area contributed by atoms with Crippen molar-refractivity contribution in [3.63, 3.8) is 0 Å². The fraction of sp³-hybridized carbons (Fsp3) is 0.176. The third-order valence-corrected chi connectivity index (χ3v) is 4.85. The summed E-state index contributed by atoms with van der Waals surface area (Å²) in [6.45, 7) is 3.72. The molecule has 0 unspecified atom stereocenters. The minimum atomic E-state index is 0.384. The number of rotatable bonds is 4. The van der Waals surface area contributed by atoms with Crippen LogP contribution in [0, 0.1) is 13.8 Å². The van der Waals surface area contributed by atoms with Crippen molar-refractivity contribution >= 4 is 44.8 Å². The van der Waals surface area contributed by atoms with E-state index >= 15 is 0 Å². The number of anilines is 2. The molecule has 0 saturated carbocycles. The van der Waals surface area contributed by atoms with Gasteiger partial charge in [0, 0.05) is 12.1 Å². The molecule has 0 atom stereocenters. The Kier molecular flexibility index (Phi) is 4.21. The number of nitrogens with zero attached hydrogens (tertiary/aromatic N) is 5. The second kappa shape index (κ2) is 6.54. The summed E-state index contributed by atoms with van der Waals surface area (Å²) in [6.07, 6.45) is 0. The number of hydrogen-bond acceptors (Lipinski definition) is 7. The molecule has 26 heavy (non-hydrogen) atoms. The Bertz CT molecular complexity index is 1090. The van der Waals surface area contributed by atoms with Crippen LogP contribution in [0.25, 0.3) is 15.3 Å². The maximum Gasteiger partial charge on any atom is 0.213 e. The number of benzene rings is 1. The minimum absolute atomic E-state index is 0.384. The first kappa shape index (κ1) is 16.7. The highest BCUT2D eigenvalue weighted by Gasteiger charge is 2.14. The average Bonchev–Trinajstić information content (AvgIpc) is 3.16. The quantitative estimate of drug-likeness (QED) is 0.527. The van der Waals surface area contributed by atoms with E-state index in [0.29, 0.717) is 16.8 Å². The smallest absolute Gasteiger partial charge is 0.213 e. The maximum absolute atomic E-state index is 6.02. The standard InChI is InChI=1S/C17H15ClN6OS/c1-9-6-16(22-15-8-14(18)19-10(2)20-15)24(23-9)17-21-12-5-4-11(25-3)7-13(12)26-17/h4-8H,1-3H3,(H,19,20,22). The highest BCUT2D eigenvalue weighted by atomic mass is 35.5. The van der Waals surface area contributed by atoms with Gasteiger partial charge in [-0.1, -0.05) is 22.9 Å². The zero-order valence-electron chi connectivity index (χ0n) is 14.3. The SMILES string of the molecule is COc1ccc2nc(-n3nc(C)cc3Nc3cc(Cl)nc(C)n3)sc2c1. The zero-order valence-corrected chi connectivity index (χ0v) is 15.9. The molecule has 0 aliphatic heterocycles. The van der Waals surface area contributed by atoms with Gasteiger partial charge in [0.25, 0.3) is 0 Å². The number of ether oxygens (including phenoxy) is 1. The molecule has 1 N–H and O–H groups in total. The van der Waals surface area contributed by atoms with Crippen molar-refractivity contribution in [3.8, 4) is 10.9 Å². The van der Waals surface area contributed by atoms with Crippen LogP contribution >= 0.6 is 22.9 Å². The molecule has 3 aromatic heterocycles. The van der Waals surface area contributed by atoms with Crippen molar-refractivity contribution in [3.05, 3.63) is 47.0 Å². The highest BCUT2D eigenvalue weighted by Crippen LogP contribution is 2.30. The van der Waals surface area contributed by atoms with Crippen LogP contribution in [0.2, 0.25) is 5.15 Å². The predicted octanol–water partition coefficient (Wildman–Crippen LogP) is 4.29. The lowest BCUT2D eigenvalue weighted by atomic mass is 10.3. The number of hydrogen-bond donors (Lipinski definition) is 1. The largest absolute Gasteiger partial charge is 0.497 e. The first-order valence-corrected chi connectivity index (χ1v) is 9.01. The van der Waals surface area contributed by atoms with Gasteiger partial charge in [0.15, 0.2) is 0 Å². The molecular formula is C17H15ClN6OS. The van der Waals surface area contributed by atoms with Gasteiger partial charge >= 0.3 is 0 Å². The predicted molar refractivity (Wildman–Crippen MR) is 103 cm³/mol. The van der Waals surface area contributed by atoms with Crippen molar-refractivity contribution in [2.45, 2.75) is 13.8 Å². The maximum atomic E-state index is 6.02.